The summed E-state index contributed by atoms with van der Waals surface area (Å²) in [5.74, 6) is 0.297. The summed E-state index contributed by atoms with van der Waals surface area (Å²) in [6.45, 7) is 31.9. The van der Waals surface area contributed by atoms with E-state index in [9.17, 15) is 20.4 Å². The molecule has 0 aliphatic heterocycles. The molecule has 2 aromatic carbocycles. The van der Waals surface area contributed by atoms with Crippen LogP contribution >= 0.6 is 0 Å². The van der Waals surface area contributed by atoms with Crippen molar-refractivity contribution in [1.29, 1.82) is 0 Å². The first-order valence-electron chi connectivity index (χ1n) is 13.7. The molecule has 0 aliphatic carbocycles. The molecule has 39 heavy (non-hydrogen) atoms. The maximum Gasteiger partial charge on any atom is 4.00 e. The standard InChI is InChI=1S/2C14H22O.2C3H7O.Ti/c2*1-13(2,3)10-7-8-12(15)11(9-10)14(4,5)6;2*1-3(2)4;/h2*7-9,15H,1-6H3;2*3H,1-2H3;/q;;2*-1;+4/p-2. The summed E-state index contributed by atoms with van der Waals surface area (Å²) < 4.78 is 0. The summed E-state index contributed by atoms with van der Waals surface area (Å²) in [4.78, 5) is 0. The second kappa shape index (κ2) is 16.8. The van der Waals surface area contributed by atoms with Crippen LogP contribution in [0.3, 0.4) is 0 Å². The van der Waals surface area contributed by atoms with Gasteiger partial charge < -0.3 is 20.4 Å². The molecule has 0 atom stereocenters. The number of rotatable bonds is 0. The van der Waals surface area contributed by atoms with Gasteiger partial charge >= 0.3 is 21.7 Å². The van der Waals surface area contributed by atoms with Crippen molar-refractivity contribution >= 4 is 0 Å². The minimum atomic E-state index is -0.417. The van der Waals surface area contributed by atoms with E-state index in [1.165, 1.54) is 11.1 Å². The van der Waals surface area contributed by atoms with Crippen molar-refractivity contribution in [1.82, 2.24) is 0 Å². The third kappa shape index (κ3) is 18.6. The second-order valence-corrected chi connectivity index (χ2v) is 14.5. The van der Waals surface area contributed by atoms with E-state index in [1.807, 2.05) is 12.1 Å². The molecule has 0 heterocycles. The molecule has 0 aromatic heterocycles. The van der Waals surface area contributed by atoms with E-state index in [0.717, 1.165) is 11.1 Å². The molecular formula is C34H56O4Ti. The smallest absolute Gasteiger partial charge is 0.872 e. The molecule has 0 spiro atoms. The topological polar surface area (TPSA) is 92.2 Å². The predicted molar refractivity (Wildman–Crippen MR) is 157 cm³/mol. The molecule has 2 aromatic rings. The van der Waals surface area contributed by atoms with Crippen LogP contribution in [0.4, 0.5) is 0 Å². The Morgan fingerprint density at radius 3 is 0.821 bits per heavy atom. The quantitative estimate of drug-likeness (QED) is 0.348. The second-order valence-electron chi connectivity index (χ2n) is 14.5. The van der Waals surface area contributed by atoms with Gasteiger partial charge in [0.25, 0.3) is 0 Å². The van der Waals surface area contributed by atoms with E-state index in [4.69, 9.17) is 0 Å². The molecule has 0 fully saturated rings. The Kier molecular flexibility index (Phi) is 18.2. The van der Waals surface area contributed by atoms with Crippen molar-refractivity contribution in [2.24, 2.45) is 0 Å². The van der Waals surface area contributed by atoms with Gasteiger partial charge in [-0.1, -0.05) is 158 Å². The molecule has 0 N–H and O–H groups in total. The van der Waals surface area contributed by atoms with E-state index in [2.05, 4.69) is 95.2 Å². The fraction of sp³-hybridized carbons (Fsp3) is 0.647. The zero-order valence-electron chi connectivity index (χ0n) is 27.8. The number of hydrogen-bond acceptors (Lipinski definition) is 4. The Labute approximate surface area is 256 Å². The Balaban J connectivity index is -0.000000512. The zero-order chi connectivity index (χ0) is 30.9. The molecule has 0 amide bonds. The molecule has 220 valence electrons. The molecule has 0 aliphatic rings. The van der Waals surface area contributed by atoms with E-state index in [-0.39, 0.29) is 54.9 Å². The largest absolute Gasteiger partial charge is 4.00 e. The summed E-state index contributed by atoms with van der Waals surface area (Å²) in [6, 6.07) is 11.4. The van der Waals surface area contributed by atoms with Crippen LogP contribution in [-0.4, -0.2) is 12.2 Å². The monoisotopic (exact) mass is 576 g/mol. The van der Waals surface area contributed by atoms with Crippen molar-refractivity contribution in [2.45, 2.75) is 145 Å². The first-order chi connectivity index (χ1) is 16.7. The van der Waals surface area contributed by atoms with Crippen molar-refractivity contribution in [2.75, 3.05) is 0 Å². The van der Waals surface area contributed by atoms with Crippen molar-refractivity contribution < 1.29 is 42.1 Å². The van der Waals surface area contributed by atoms with Gasteiger partial charge in [-0.25, -0.2) is 0 Å². The van der Waals surface area contributed by atoms with Gasteiger partial charge in [-0.05, 0) is 32.8 Å². The third-order valence-corrected chi connectivity index (χ3v) is 5.31. The van der Waals surface area contributed by atoms with Gasteiger partial charge in [0, 0.05) is 0 Å². The van der Waals surface area contributed by atoms with Crippen LogP contribution in [0, 0.1) is 0 Å². The molecular weight excluding hydrogens is 520 g/mol. The maximum absolute atomic E-state index is 11.7. The molecule has 0 saturated heterocycles. The number of benzene rings is 2. The van der Waals surface area contributed by atoms with Crippen molar-refractivity contribution in [3.63, 3.8) is 0 Å². The normalized spacial score (nSPS) is 11.8. The van der Waals surface area contributed by atoms with Crippen LogP contribution in [0.25, 0.3) is 0 Å². The molecule has 4 nitrogen and oxygen atoms in total. The summed E-state index contributed by atoms with van der Waals surface area (Å²) >= 11 is 0. The average Bonchev–Trinajstić information content (AvgIpc) is 2.64. The van der Waals surface area contributed by atoms with E-state index >= 15 is 0 Å². The maximum atomic E-state index is 11.7. The van der Waals surface area contributed by atoms with E-state index in [0.29, 0.717) is 0 Å². The molecule has 0 radical (unpaired) electrons. The summed E-state index contributed by atoms with van der Waals surface area (Å²) in [5, 5.41) is 42.5. The fourth-order valence-electron chi connectivity index (χ4n) is 3.17. The van der Waals surface area contributed by atoms with Crippen LogP contribution in [-0.2, 0) is 43.4 Å². The van der Waals surface area contributed by atoms with Crippen LogP contribution in [0.2, 0.25) is 0 Å². The van der Waals surface area contributed by atoms with Gasteiger partial charge in [0.2, 0.25) is 0 Å². The third-order valence-electron chi connectivity index (χ3n) is 5.31. The van der Waals surface area contributed by atoms with E-state index in [1.54, 1.807) is 39.8 Å². The molecule has 0 unspecified atom stereocenters. The Morgan fingerprint density at radius 2 is 0.667 bits per heavy atom. The van der Waals surface area contributed by atoms with E-state index < -0.39 is 12.2 Å². The van der Waals surface area contributed by atoms with Crippen LogP contribution in [0.1, 0.15) is 133 Å². The summed E-state index contributed by atoms with van der Waals surface area (Å²) in [6.07, 6.45) is -0.833. The van der Waals surface area contributed by atoms with Crippen LogP contribution in [0.5, 0.6) is 11.5 Å². The summed E-state index contributed by atoms with van der Waals surface area (Å²) in [7, 11) is 0. The first-order valence-corrected chi connectivity index (χ1v) is 13.7. The van der Waals surface area contributed by atoms with Gasteiger partial charge in [-0.2, -0.15) is 0 Å². The Bertz CT molecular complexity index is 866. The van der Waals surface area contributed by atoms with Gasteiger partial charge in [0.05, 0.1) is 0 Å². The fourth-order valence-corrected chi connectivity index (χ4v) is 3.17. The average molecular weight is 577 g/mol. The predicted octanol–water partition coefficient (Wildman–Crippen LogP) is 6.22. The summed E-state index contributed by atoms with van der Waals surface area (Å²) in [5.41, 5.74) is 4.35. The van der Waals surface area contributed by atoms with Gasteiger partial charge in [0.1, 0.15) is 0 Å². The molecule has 0 bridgehead atoms. The minimum Gasteiger partial charge on any atom is -0.872 e. The molecule has 2 rings (SSSR count). The van der Waals surface area contributed by atoms with Gasteiger partial charge in [-0.3, -0.25) is 0 Å². The Morgan fingerprint density at radius 1 is 0.462 bits per heavy atom. The van der Waals surface area contributed by atoms with Crippen molar-refractivity contribution in [3.8, 4) is 11.5 Å². The van der Waals surface area contributed by atoms with Crippen molar-refractivity contribution in [3.05, 3.63) is 58.7 Å². The first kappa shape index (κ1) is 42.1. The number of hydrogen-bond donors (Lipinski definition) is 0. The van der Waals surface area contributed by atoms with Crippen LogP contribution in [0.15, 0.2) is 36.4 Å². The zero-order valence-corrected chi connectivity index (χ0v) is 29.3. The SMILES string of the molecule is CC(C)(C)c1ccc([O-])c(C(C)(C)C)c1.CC(C)(C)c1ccc([O-])c(C(C)(C)C)c1.CC(C)[O-].CC(C)[O-].[Ti+4]. The van der Waals surface area contributed by atoms with Gasteiger partial charge in [-0.15, -0.1) is 23.7 Å². The molecule has 5 heteroatoms. The Hall–Kier alpha value is -1.33. The van der Waals surface area contributed by atoms with Gasteiger partial charge in [0.15, 0.2) is 0 Å². The minimum absolute atomic E-state index is 0. The molecule has 0 saturated carbocycles. The van der Waals surface area contributed by atoms with Crippen LogP contribution < -0.4 is 20.4 Å².